The number of hydrogen-bond donors (Lipinski definition) is 1. The summed E-state index contributed by atoms with van der Waals surface area (Å²) >= 11 is 15.8. The van der Waals surface area contributed by atoms with E-state index in [1.54, 1.807) is 0 Å². The maximum absolute atomic E-state index is 13.7. The molecule has 1 saturated carbocycles. The Balaban J connectivity index is 2.66. The minimum absolute atomic E-state index is 0.241. The van der Waals surface area contributed by atoms with Crippen molar-refractivity contribution >= 4 is 34.8 Å². The molecule has 19 heavy (non-hydrogen) atoms. The predicted octanol–water partition coefficient (Wildman–Crippen LogP) is 4.37. The van der Waals surface area contributed by atoms with Crippen molar-refractivity contribution in [1.82, 2.24) is 0 Å². The Hall–Kier alpha value is -0.300. The Morgan fingerprint density at radius 1 is 0.842 bits per heavy atom. The Labute approximate surface area is 118 Å². The van der Waals surface area contributed by atoms with Crippen LogP contribution in [0.4, 0.5) is 22.0 Å². The summed E-state index contributed by atoms with van der Waals surface area (Å²) < 4.78 is 66.5. The lowest BCUT2D eigenvalue weighted by atomic mass is 9.65. The van der Waals surface area contributed by atoms with Gasteiger partial charge in [-0.25, -0.2) is 4.39 Å². The molecule has 1 aliphatic rings. The molecule has 9 heteroatoms. The highest BCUT2D eigenvalue weighted by molar-refractivity contribution is 6.34. The number of alkyl halides is 6. The van der Waals surface area contributed by atoms with Crippen LogP contribution in [0.25, 0.3) is 0 Å². The van der Waals surface area contributed by atoms with Crippen molar-refractivity contribution < 1.29 is 27.1 Å². The maximum atomic E-state index is 13.7. The van der Waals surface area contributed by atoms with Crippen LogP contribution in [0.15, 0.2) is 18.2 Å². The molecule has 1 nitrogen and oxygen atoms in total. The molecule has 0 spiro atoms. The second-order valence-corrected chi connectivity index (χ2v) is 5.49. The van der Waals surface area contributed by atoms with Gasteiger partial charge in [0, 0.05) is 10.0 Å². The van der Waals surface area contributed by atoms with Gasteiger partial charge in [-0.3, -0.25) is 0 Å². The highest BCUT2D eigenvalue weighted by atomic mass is 35.5. The highest BCUT2D eigenvalue weighted by Crippen LogP contribution is 2.71. The van der Waals surface area contributed by atoms with E-state index in [4.69, 9.17) is 34.8 Å². The monoisotopic (exact) mass is 340 g/mol. The number of aliphatic hydroxyl groups is 1. The van der Waals surface area contributed by atoms with Gasteiger partial charge in [0.1, 0.15) is 0 Å². The summed E-state index contributed by atoms with van der Waals surface area (Å²) in [6.45, 7) is 0. The summed E-state index contributed by atoms with van der Waals surface area (Å²) in [5.74, 6) is -10.3. The van der Waals surface area contributed by atoms with Crippen LogP contribution < -0.4 is 0 Å². The first-order chi connectivity index (χ1) is 8.39. The minimum Gasteiger partial charge on any atom is -0.375 e. The average Bonchev–Trinajstić information content (AvgIpc) is 2.24. The SMILES string of the molecule is OC1(c2cc(Cl)cc(Cl)c2)C(F)(F)C(F)(F)C1(F)Cl. The summed E-state index contributed by atoms with van der Waals surface area (Å²) in [5.41, 5.74) is -4.86. The molecule has 2 rings (SSSR count). The summed E-state index contributed by atoms with van der Waals surface area (Å²) in [7, 11) is 0. The maximum Gasteiger partial charge on any atom is 0.364 e. The Kier molecular flexibility index (Phi) is 3.08. The molecule has 1 aliphatic carbocycles. The quantitative estimate of drug-likeness (QED) is 0.594. The fraction of sp³-hybridized carbons (Fsp3) is 0.400. The van der Waals surface area contributed by atoms with Gasteiger partial charge in [0.25, 0.3) is 5.13 Å². The van der Waals surface area contributed by atoms with Crippen LogP contribution in [0.2, 0.25) is 10.0 Å². The third-order valence-corrected chi connectivity index (χ3v) is 3.93. The third kappa shape index (κ3) is 1.51. The van der Waals surface area contributed by atoms with Gasteiger partial charge in [-0.05, 0) is 23.8 Å². The van der Waals surface area contributed by atoms with E-state index in [-0.39, 0.29) is 10.0 Å². The van der Waals surface area contributed by atoms with Crippen LogP contribution in [0, 0.1) is 0 Å². The molecule has 1 N–H and O–H groups in total. The molecule has 0 amide bonds. The lowest BCUT2D eigenvalue weighted by molar-refractivity contribution is -0.438. The summed E-state index contributed by atoms with van der Waals surface area (Å²) in [5, 5.41) is 4.81. The van der Waals surface area contributed by atoms with E-state index in [1.165, 1.54) is 0 Å². The molecule has 0 saturated heterocycles. The predicted molar refractivity (Wildman–Crippen MR) is 59.9 cm³/mol. The number of rotatable bonds is 1. The molecule has 0 aliphatic heterocycles. The van der Waals surface area contributed by atoms with Crippen molar-refractivity contribution in [2.24, 2.45) is 0 Å². The zero-order valence-corrected chi connectivity index (χ0v) is 11.0. The van der Waals surface area contributed by atoms with Crippen LogP contribution >= 0.6 is 34.8 Å². The van der Waals surface area contributed by atoms with Crippen molar-refractivity contribution in [2.45, 2.75) is 22.6 Å². The second kappa shape index (κ2) is 3.87. The largest absolute Gasteiger partial charge is 0.375 e. The van der Waals surface area contributed by atoms with Crippen LogP contribution in [0.5, 0.6) is 0 Å². The van der Waals surface area contributed by atoms with Crippen molar-refractivity contribution in [3.8, 4) is 0 Å². The van der Waals surface area contributed by atoms with Crippen molar-refractivity contribution in [1.29, 1.82) is 0 Å². The molecule has 2 atom stereocenters. The molecular weight excluding hydrogens is 337 g/mol. The average molecular weight is 341 g/mol. The molecule has 0 aromatic heterocycles. The van der Waals surface area contributed by atoms with Crippen LogP contribution in [-0.4, -0.2) is 22.1 Å². The minimum atomic E-state index is -5.23. The summed E-state index contributed by atoms with van der Waals surface area (Å²) in [6.07, 6.45) is 0. The molecular formula is C10H4Cl3F5O. The first-order valence-corrected chi connectivity index (χ1v) is 5.85. The molecule has 0 bridgehead atoms. The van der Waals surface area contributed by atoms with E-state index in [1.807, 2.05) is 0 Å². The van der Waals surface area contributed by atoms with E-state index in [0.29, 0.717) is 12.1 Å². The third-order valence-electron chi connectivity index (χ3n) is 2.98. The van der Waals surface area contributed by atoms with Gasteiger partial charge in [-0.1, -0.05) is 34.8 Å². The van der Waals surface area contributed by atoms with Gasteiger partial charge in [0.15, 0.2) is 0 Å². The molecule has 1 fully saturated rings. The van der Waals surface area contributed by atoms with Crippen LogP contribution in [-0.2, 0) is 5.60 Å². The number of hydrogen-bond acceptors (Lipinski definition) is 1. The molecule has 1 aromatic rings. The first kappa shape index (κ1) is 15.1. The molecule has 2 unspecified atom stereocenters. The number of benzene rings is 1. The Morgan fingerprint density at radius 2 is 1.26 bits per heavy atom. The van der Waals surface area contributed by atoms with Crippen LogP contribution in [0.1, 0.15) is 5.56 Å². The van der Waals surface area contributed by atoms with E-state index >= 15 is 0 Å². The van der Waals surface area contributed by atoms with Gasteiger partial charge in [0.2, 0.25) is 5.60 Å². The normalized spacial score (nSPS) is 35.8. The lowest BCUT2D eigenvalue weighted by Gasteiger charge is -2.57. The van der Waals surface area contributed by atoms with Gasteiger partial charge in [0.05, 0.1) is 0 Å². The highest BCUT2D eigenvalue weighted by Gasteiger charge is 2.97. The first-order valence-electron chi connectivity index (χ1n) is 4.72. The standard InChI is InChI=1S/C10H4Cl3F5O/c11-5-1-4(2-6(12)3-5)7(19)8(13,14)10(17,18)9(7,15)16/h1-3,19H. The van der Waals surface area contributed by atoms with Crippen LogP contribution in [0.3, 0.4) is 0 Å². The zero-order valence-electron chi connectivity index (χ0n) is 8.70. The Morgan fingerprint density at radius 3 is 1.63 bits per heavy atom. The molecule has 106 valence electrons. The van der Waals surface area contributed by atoms with Gasteiger partial charge >= 0.3 is 11.8 Å². The van der Waals surface area contributed by atoms with Gasteiger partial charge in [-0.2, -0.15) is 17.6 Å². The summed E-state index contributed by atoms with van der Waals surface area (Å²) in [6, 6.07) is 2.47. The summed E-state index contributed by atoms with van der Waals surface area (Å²) in [4.78, 5) is 0. The molecule has 1 aromatic carbocycles. The fourth-order valence-corrected chi connectivity index (χ4v) is 2.78. The fourth-order valence-electron chi connectivity index (χ4n) is 1.91. The van der Waals surface area contributed by atoms with E-state index in [2.05, 4.69) is 0 Å². The molecule has 0 radical (unpaired) electrons. The zero-order chi connectivity index (χ0) is 14.9. The van der Waals surface area contributed by atoms with Crippen molar-refractivity contribution in [3.05, 3.63) is 33.8 Å². The van der Waals surface area contributed by atoms with E-state index in [9.17, 15) is 27.1 Å². The Bertz CT molecular complexity index is 508. The van der Waals surface area contributed by atoms with E-state index < -0.39 is 28.1 Å². The van der Waals surface area contributed by atoms with Gasteiger partial charge in [-0.15, -0.1) is 0 Å². The lowest BCUT2D eigenvalue weighted by Crippen LogP contribution is -2.83. The number of halogens is 8. The topological polar surface area (TPSA) is 20.2 Å². The van der Waals surface area contributed by atoms with Crippen molar-refractivity contribution in [3.63, 3.8) is 0 Å². The van der Waals surface area contributed by atoms with E-state index in [0.717, 1.165) is 6.07 Å². The molecule has 0 heterocycles. The van der Waals surface area contributed by atoms with Gasteiger partial charge < -0.3 is 5.11 Å². The second-order valence-electron chi connectivity index (χ2n) is 4.09. The smallest absolute Gasteiger partial charge is 0.364 e. The van der Waals surface area contributed by atoms with Crippen molar-refractivity contribution in [2.75, 3.05) is 0 Å².